The van der Waals surface area contributed by atoms with Crippen LogP contribution in [0.5, 0.6) is 0 Å². The van der Waals surface area contributed by atoms with E-state index >= 15 is 0 Å². The van der Waals surface area contributed by atoms with E-state index in [0.717, 1.165) is 16.3 Å². The lowest BCUT2D eigenvalue weighted by atomic mass is 10.2. The molecule has 116 valence electrons. The van der Waals surface area contributed by atoms with Gasteiger partial charge in [-0.2, -0.15) is 4.98 Å². The lowest BCUT2D eigenvalue weighted by Crippen LogP contribution is -2.25. The van der Waals surface area contributed by atoms with Crippen molar-refractivity contribution in [2.45, 2.75) is 31.5 Å². The van der Waals surface area contributed by atoms with E-state index in [1.54, 1.807) is 26.0 Å². The Morgan fingerprint density at radius 3 is 2.68 bits per heavy atom. The van der Waals surface area contributed by atoms with Gasteiger partial charge in [-0.3, -0.25) is 4.57 Å². The fraction of sp³-hybridized carbons (Fsp3) is 0.267. The lowest BCUT2D eigenvalue weighted by molar-refractivity contribution is 0.168. The van der Waals surface area contributed by atoms with Gasteiger partial charge in [0.15, 0.2) is 10.8 Å². The van der Waals surface area contributed by atoms with Gasteiger partial charge in [0, 0.05) is 24.0 Å². The highest BCUT2D eigenvalue weighted by molar-refractivity contribution is 8.13. The quantitative estimate of drug-likeness (QED) is 0.490. The van der Waals surface area contributed by atoms with E-state index in [0.29, 0.717) is 11.8 Å². The molecule has 0 unspecified atom stereocenters. The third-order valence-electron chi connectivity index (χ3n) is 2.81. The first-order valence-corrected chi connectivity index (χ1v) is 7.46. The maximum absolute atomic E-state index is 13.9. The average Bonchev–Trinajstić information content (AvgIpc) is 2.49. The van der Waals surface area contributed by atoms with Gasteiger partial charge < -0.3 is 4.74 Å². The maximum atomic E-state index is 13.9. The van der Waals surface area contributed by atoms with Crippen LogP contribution in [-0.4, -0.2) is 14.9 Å². The Kier molecular flexibility index (Phi) is 5.32. The molecule has 0 bridgehead atoms. The molecule has 0 N–H and O–H groups in total. The zero-order valence-corrected chi connectivity index (χ0v) is 13.0. The van der Waals surface area contributed by atoms with Crippen molar-refractivity contribution in [3.8, 4) is 0 Å². The lowest BCUT2D eigenvalue weighted by Gasteiger charge is -2.10. The minimum Gasteiger partial charge on any atom is -0.452 e. The van der Waals surface area contributed by atoms with E-state index in [1.807, 2.05) is 18.2 Å². The highest BCUT2D eigenvalue weighted by Gasteiger charge is 2.15. The van der Waals surface area contributed by atoms with Crippen LogP contribution in [0.25, 0.3) is 0 Å². The number of halogens is 1. The summed E-state index contributed by atoms with van der Waals surface area (Å²) in [6, 6.07) is 8.90. The molecule has 0 aliphatic carbocycles. The number of ether oxygens (including phenoxy) is 1. The molecular weight excluding hydrogens is 307 g/mol. The van der Waals surface area contributed by atoms with Crippen molar-refractivity contribution in [3.05, 3.63) is 58.4 Å². The molecule has 0 amide bonds. The first kappa shape index (κ1) is 16.2. The second-order valence-electron chi connectivity index (χ2n) is 4.80. The van der Waals surface area contributed by atoms with Crippen LogP contribution in [0.4, 0.5) is 9.18 Å². The van der Waals surface area contributed by atoms with E-state index in [2.05, 4.69) is 4.98 Å². The molecule has 5 nitrogen and oxygen atoms in total. The number of aromatic nitrogens is 2. The van der Waals surface area contributed by atoms with Crippen LogP contribution in [0.15, 0.2) is 46.3 Å². The number of rotatable bonds is 4. The zero-order chi connectivity index (χ0) is 16.1. The van der Waals surface area contributed by atoms with E-state index in [4.69, 9.17) is 4.74 Å². The molecule has 2 aromatic rings. The van der Waals surface area contributed by atoms with Crippen LogP contribution in [-0.2, 0) is 11.3 Å². The van der Waals surface area contributed by atoms with Crippen LogP contribution in [0.3, 0.4) is 0 Å². The van der Waals surface area contributed by atoms with Crippen molar-refractivity contribution in [2.75, 3.05) is 0 Å². The second-order valence-corrected chi connectivity index (χ2v) is 5.73. The molecule has 0 aliphatic heterocycles. The molecule has 0 fully saturated rings. The van der Waals surface area contributed by atoms with E-state index < -0.39 is 16.8 Å². The second kappa shape index (κ2) is 7.22. The Balaban J connectivity index is 2.03. The van der Waals surface area contributed by atoms with Crippen molar-refractivity contribution in [1.29, 1.82) is 0 Å². The molecule has 0 saturated heterocycles. The molecule has 0 radical (unpaired) electrons. The van der Waals surface area contributed by atoms with Gasteiger partial charge in [-0.1, -0.05) is 30.3 Å². The molecule has 0 saturated carbocycles. The van der Waals surface area contributed by atoms with E-state index in [1.165, 1.54) is 0 Å². The van der Waals surface area contributed by atoms with E-state index in [-0.39, 0.29) is 17.7 Å². The summed E-state index contributed by atoms with van der Waals surface area (Å²) < 4.78 is 20.0. The fourth-order valence-corrected chi connectivity index (χ4v) is 2.25. The molecule has 0 aliphatic rings. The normalized spacial score (nSPS) is 10.7. The van der Waals surface area contributed by atoms with Gasteiger partial charge in [0.1, 0.15) is 6.61 Å². The van der Waals surface area contributed by atoms with Gasteiger partial charge in [0.2, 0.25) is 0 Å². The van der Waals surface area contributed by atoms with Crippen LogP contribution < -0.4 is 5.69 Å². The topological polar surface area (TPSA) is 61.2 Å². The van der Waals surface area contributed by atoms with Crippen LogP contribution in [0, 0.1) is 5.82 Å². The predicted molar refractivity (Wildman–Crippen MR) is 81.3 cm³/mol. The minimum atomic E-state index is -0.727. The zero-order valence-electron chi connectivity index (χ0n) is 12.2. The molecular formula is C15H15FN2O3S. The van der Waals surface area contributed by atoms with Gasteiger partial charge in [-0.25, -0.2) is 14.0 Å². The Morgan fingerprint density at radius 1 is 1.36 bits per heavy atom. The number of nitrogens with zero attached hydrogens (tertiary/aromatic N) is 2. The number of carbonyl (C=O) groups excluding carboxylic acids is 1. The third kappa shape index (κ3) is 4.17. The maximum Gasteiger partial charge on any atom is 0.374 e. The molecule has 22 heavy (non-hydrogen) atoms. The molecule has 0 atom stereocenters. The summed E-state index contributed by atoms with van der Waals surface area (Å²) in [6.07, 6.45) is 1.05. The van der Waals surface area contributed by atoms with Gasteiger partial charge in [-0.15, -0.1) is 0 Å². The number of carbonyl (C=O) groups is 1. The number of benzene rings is 1. The molecule has 1 heterocycles. The van der Waals surface area contributed by atoms with Gasteiger partial charge in [0.05, 0.1) is 0 Å². The summed E-state index contributed by atoms with van der Waals surface area (Å²) in [5, 5.41) is -0.989. The van der Waals surface area contributed by atoms with Crippen LogP contribution >= 0.6 is 11.8 Å². The van der Waals surface area contributed by atoms with E-state index in [9.17, 15) is 14.0 Å². The van der Waals surface area contributed by atoms with Gasteiger partial charge in [0.25, 0.3) is 0 Å². The molecule has 1 aromatic heterocycles. The van der Waals surface area contributed by atoms with Gasteiger partial charge >= 0.3 is 11.0 Å². The highest BCUT2D eigenvalue weighted by Crippen LogP contribution is 2.21. The summed E-state index contributed by atoms with van der Waals surface area (Å²) >= 11 is 0.463. The number of hydrogen-bond acceptors (Lipinski definition) is 5. The largest absolute Gasteiger partial charge is 0.452 e. The first-order valence-electron chi connectivity index (χ1n) is 6.64. The van der Waals surface area contributed by atoms with Crippen molar-refractivity contribution in [3.63, 3.8) is 0 Å². The SMILES string of the molecule is CC(C)n1cc(F)c(SC(=O)OCc2ccccc2)nc1=O. The molecule has 0 spiro atoms. The monoisotopic (exact) mass is 322 g/mol. The number of hydrogen-bond donors (Lipinski definition) is 0. The number of thioether (sulfide) groups is 1. The van der Waals surface area contributed by atoms with Crippen molar-refractivity contribution in [2.24, 2.45) is 0 Å². The van der Waals surface area contributed by atoms with Gasteiger partial charge in [-0.05, 0) is 19.4 Å². The Bertz CT molecular complexity index is 716. The van der Waals surface area contributed by atoms with Crippen molar-refractivity contribution < 1.29 is 13.9 Å². The van der Waals surface area contributed by atoms with Crippen LogP contribution in [0.1, 0.15) is 25.5 Å². The molecule has 2 rings (SSSR count). The highest BCUT2D eigenvalue weighted by atomic mass is 32.2. The average molecular weight is 322 g/mol. The third-order valence-corrected chi connectivity index (χ3v) is 3.57. The summed E-state index contributed by atoms with van der Waals surface area (Å²) in [5.74, 6) is -0.727. The van der Waals surface area contributed by atoms with Crippen molar-refractivity contribution >= 4 is 17.1 Å². The molecule has 7 heteroatoms. The molecule has 1 aromatic carbocycles. The Morgan fingerprint density at radius 2 is 2.05 bits per heavy atom. The fourth-order valence-electron chi connectivity index (χ4n) is 1.70. The Hall–Kier alpha value is -2.15. The minimum absolute atomic E-state index is 0.0807. The van der Waals surface area contributed by atoms with Crippen molar-refractivity contribution in [1.82, 2.24) is 9.55 Å². The van der Waals surface area contributed by atoms with Crippen LogP contribution in [0.2, 0.25) is 0 Å². The Labute approximate surface area is 131 Å². The summed E-state index contributed by atoms with van der Waals surface area (Å²) in [6.45, 7) is 3.56. The summed E-state index contributed by atoms with van der Waals surface area (Å²) in [5.41, 5.74) is 0.217. The standard InChI is InChI=1S/C15H15FN2O3S/c1-10(2)18-8-12(16)13(17-14(18)19)22-15(20)21-9-11-6-4-3-5-7-11/h3-8,10H,9H2,1-2H3. The predicted octanol–water partition coefficient (Wildman–Crippen LogP) is 3.39. The summed E-state index contributed by atoms with van der Waals surface area (Å²) in [4.78, 5) is 27.0. The smallest absolute Gasteiger partial charge is 0.374 e. The first-order chi connectivity index (χ1) is 10.5. The summed E-state index contributed by atoms with van der Waals surface area (Å²) in [7, 11) is 0.